The van der Waals surface area contributed by atoms with Gasteiger partial charge in [0.1, 0.15) is 5.82 Å². The van der Waals surface area contributed by atoms with E-state index in [1.165, 1.54) is 24.1 Å². The molecule has 0 aliphatic carbocycles. The van der Waals surface area contributed by atoms with E-state index < -0.39 is 5.97 Å². The Morgan fingerprint density at radius 3 is 2.61 bits per heavy atom. The zero-order valence-electron chi connectivity index (χ0n) is 16.2. The standard InChI is InChI=1S/C22H25FN2O3/c1-24(20-8-4-3-7-19(20)22(27)28-2)21(26)15-25-13-5-6-18(25)14-16-9-11-17(23)12-10-16/h3-4,7-12,18H,5-6,13-15H2,1-2H3/t18-/m0/s1. The van der Waals surface area contributed by atoms with Crippen molar-refractivity contribution in [3.8, 4) is 0 Å². The van der Waals surface area contributed by atoms with Crippen molar-refractivity contribution in [2.75, 3.05) is 32.1 Å². The largest absolute Gasteiger partial charge is 0.465 e. The maximum Gasteiger partial charge on any atom is 0.339 e. The lowest BCUT2D eigenvalue weighted by Gasteiger charge is -2.27. The summed E-state index contributed by atoms with van der Waals surface area (Å²) in [6.07, 6.45) is 2.82. The smallest absolute Gasteiger partial charge is 0.339 e. The van der Waals surface area contributed by atoms with Crippen molar-refractivity contribution >= 4 is 17.6 Å². The first-order valence-corrected chi connectivity index (χ1v) is 9.42. The summed E-state index contributed by atoms with van der Waals surface area (Å²) in [7, 11) is 3.00. The molecule has 0 N–H and O–H groups in total. The summed E-state index contributed by atoms with van der Waals surface area (Å²) in [6, 6.07) is 13.7. The summed E-state index contributed by atoms with van der Waals surface area (Å²) in [5.41, 5.74) is 1.97. The van der Waals surface area contributed by atoms with Gasteiger partial charge in [0, 0.05) is 13.1 Å². The number of carbonyl (C=O) groups excluding carboxylic acids is 2. The van der Waals surface area contributed by atoms with Crippen LogP contribution in [0.15, 0.2) is 48.5 Å². The van der Waals surface area contributed by atoms with Gasteiger partial charge in [-0.1, -0.05) is 24.3 Å². The highest BCUT2D eigenvalue weighted by Crippen LogP contribution is 2.24. The maximum atomic E-state index is 13.1. The molecule has 0 unspecified atom stereocenters. The van der Waals surface area contributed by atoms with Crippen molar-refractivity contribution in [3.63, 3.8) is 0 Å². The molecule has 0 saturated carbocycles. The van der Waals surface area contributed by atoms with Crippen molar-refractivity contribution in [1.29, 1.82) is 0 Å². The van der Waals surface area contributed by atoms with Crippen LogP contribution in [0.25, 0.3) is 0 Å². The van der Waals surface area contributed by atoms with Crippen LogP contribution in [0.2, 0.25) is 0 Å². The van der Waals surface area contributed by atoms with E-state index in [1.807, 2.05) is 0 Å². The number of hydrogen-bond donors (Lipinski definition) is 0. The predicted molar refractivity (Wildman–Crippen MR) is 106 cm³/mol. The van der Waals surface area contributed by atoms with Crippen molar-refractivity contribution in [3.05, 3.63) is 65.5 Å². The monoisotopic (exact) mass is 384 g/mol. The van der Waals surface area contributed by atoms with Crippen LogP contribution < -0.4 is 4.90 Å². The number of nitrogens with zero attached hydrogens (tertiary/aromatic N) is 2. The second-order valence-corrected chi connectivity index (χ2v) is 7.06. The molecule has 5 nitrogen and oxygen atoms in total. The summed E-state index contributed by atoms with van der Waals surface area (Å²) in [5.74, 6) is -0.791. The van der Waals surface area contributed by atoms with Crippen molar-refractivity contribution in [2.45, 2.75) is 25.3 Å². The fourth-order valence-corrected chi connectivity index (χ4v) is 3.69. The number of likely N-dealkylation sites (N-methyl/N-ethyl adjacent to an activating group) is 1. The highest BCUT2D eigenvalue weighted by atomic mass is 19.1. The molecule has 28 heavy (non-hydrogen) atoms. The predicted octanol–water partition coefficient (Wildman–Crippen LogP) is 3.28. The number of anilines is 1. The first-order chi connectivity index (χ1) is 13.5. The van der Waals surface area contributed by atoms with Gasteiger partial charge in [-0.3, -0.25) is 9.69 Å². The van der Waals surface area contributed by atoms with E-state index in [4.69, 9.17) is 4.74 Å². The van der Waals surface area contributed by atoms with E-state index in [-0.39, 0.29) is 24.3 Å². The molecule has 1 fully saturated rings. The van der Waals surface area contributed by atoms with Crippen LogP contribution in [0, 0.1) is 5.82 Å². The molecule has 0 bridgehead atoms. The van der Waals surface area contributed by atoms with Gasteiger partial charge in [-0.05, 0) is 55.6 Å². The van der Waals surface area contributed by atoms with Gasteiger partial charge in [0.2, 0.25) is 5.91 Å². The van der Waals surface area contributed by atoms with Crippen LogP contribution >= 0.6 is 0 Å². The van der Waals surface area contributed by atoms with E-state index in [2.05, 4.69) is 4.90 Å². The van der Waals surface area contributed by atoms with E-state index in [0.717, 1.165) is 31.4 Å². The summed E-state index contributed by atoms with van der Waals surface area (Å²) < 4.78 is 17.9. The Balaban J connectivity index is 1.68. The first-order valence-electron chi connectivity index (χ1n) is 9.42. The topological polar surface area (TPSA) is 49.9 Å². The van der Waals surface area contributed by atoms with Gasteiger partial charge < -0.3 is 9.64 Å². The normalized spacial score (nSPS) is 16.8. The minimum Gasteiger partial charge on any atom is -0.465 e. The molecule has 3 rings (SSSR count). The van der Waals surface area contributed by atoms with E-state index in [9.17, 15) is 14.0 Å². The summed E-state index contributed by atoms with van der Waals surface area (Å²) in [6.45, 7) is 1.13. The minimum atomic E-state index is -0.467. The van der Waals surface area contributed by atoms with Gasteiger partial charge in [-0.25, -0.2) is 9.18 Å². The van der Waals surface area contributed by atoms with Crippen LogP contribution in [0.1, 0.15) is 28.8 Å². The molecule has 6 heteroatoms. The Morgan fingerprint density at radius 2 is 1.89 bits per heavy atom. The van der Waals surface area contributed by atoms with Gasteiger partial charge in [-0.2, -0.15) is 0 Å². The lowest BCUT2D eigenvalue weighted by molar-refractivity contribution is -0.119. The lowest BCUT2D eigenvalue weighted by Crippen LogP contribution is -2.41. The molecule has 1 heterocycles. The third-order valence-corrected chi connectivity index (χ3v) is 5.27. The molecular weight excluding hydrogens is 359 g/mol. The number of hydrogen-bond acceptors (Lipinski definition) is 4. The quantitative estimate of drug-likeness (QED) is 0.718. The fourth-order valence-electron chi connectivity index (χ4n) is 3.69. The van der Waals surface area contributed by atoms with Crippen molar-refractivity contribution in [2.24, 2.45) is 0 Å². The van der Waals surface area contributed by atoms with Gasteiger partial charge >= 0.3 is 5.97 Å². The van der Waals surface area contributed by atoms with Gasteiger partial charge in [0.25, 0.3) is 0 Å². The zero-order valence-corrected chi connectivity index (χ0v) is 16.2. The average molecular weight is 384 g/mol. The highest BCUT2D eigenvalue weighted by Gasteiger charge is 2.28. The first kappa shape index (κ1) is 20.0. The second-order valence-electron chi connectivity index (χ2n) is 7.06. The number of methoxy groups -OCH3 is 1. The number of rotatable bonds is 6. The van der Waals surface area contributed by atoms with Gasteiger partial charge in [0.05, 0.1) is 24.9 Å². The van der Waals surface area contributed by atoms with E-state index >= 15 is 0 Å². The molecule has 2 aromatic carbocycles. The summed E-state index contributed by atoms with van der Waals surface area (Å²) in [4.78, 5) is 28.6. The number of halogens is 1. The molecule has 1 aliphatic rings. The summed E-state index contributed by atoms with van der Waals surface area (Å²) >= 11 is 0. The van der Waals surface area contributed by atoms with Crippen LogP contribution in [-0.2, 0) is 16.0 Å². The van der Waals surface area contributed by atoms with E-state index in [1.54, 1.807) is 43.4 Å². The average Bonchev–Trinajstić information content (AvgIpc) is 3.15. The van der Waals surface area contributed by atoms with Crippen LogP contribution in [-0.4, -0.2) is 50.1 Å². The molecule has 1 saturated heterocycles. The van der Waals surface area contributed by atoms with Crippen LogP contribution in [0.5, 0.6) is 0 Å². The Hall–Kier alpha value is -2.73. The SMILES string of the molecule is COC(=O)c1ccccc1N(C)C(=O)CN1CCC[C@H]1Cc1ccc(F)cc1. The Labute approximate surface area is 164 Å². The Kier molecular flexibility index (Phi) is 6.41. The summed E-state index contributed by atoms with van der Waals surface area (Å²) in [5, 5.41) is 0. The van der Waals surface area contributed by atoms with E-state index in [0.29, 0.717) is 11.3 Å². The van der Waals surface area contributed by atoms with Crippen molar-refractivity contribution in [1.82, 2.24) is 4.90 Å². The van der Waals surface area contributed by atoms with Gasteiger partial charge in [0.15, 0.2) is 0 Å². The molecule has 148 valence electrons. The fraction of sp³-hybridized carbons (Fsp3) is 0.364. The Morgan fingerprint density at radius 1 is 1.18 bits per heavy atom. The molecule has 0 radical (unpaired) electrons. The number of benzene rings is 2. The highest BCUT2D eigenvalue weighted by molar-refractivity contribution is 6.02. The minimum absolute atomic E-state index is 0.0811. The molecule has 1 amide bonds. The molecule has 0 aromatic heterocycles. The Bertz CT molecular complexity index is 838. The lowest BCUT2D eigenvalue weighted by atomic mass is 10.0. The number of likely N-dealkylation sites (tertiary alicyclic amines) is 1. The third-order valence-electron chi connectivity index (χ3n) is 5.27. The number of esters is 1. The zero-order chi connectivity index (χ0) is 20.1. The van der Waals surface area contributed by atoms with Crippen LogP contribution in [0.3, 0.4) is 0 Å². The van der Waals surface area contributed by atoms with Gasteiger partial charge in [-0.15, -0.1) is 0 Å². The molecule has 0 spiro atoms. The third kappa shape index (κ3) is 4.57. The molecular formula is C22H25FN2O3. The maximum absolute atomic E-state index is 13.1. The molecule has 1 aliphatic heterocycles. The van der Waals surface area contributed by atoms with Crippen LogP contribution in [0.4, 0.5) is 10.1 Å². The number of ether oxygens (including phenoxy) is 1. The molecule has 1 atom stereocenters. The number of carbonyl (C=O) groups is 2. The molecule has 2 aromatic rings. The number of para-hydroxylation sites is 1. The second kappa shape index (κ2) is 8.97. The number of amides is 1. The van der Waals surface area contributed by atoms with Crippen molar-refractivity contribution < 1.29 is 18.7 Å².